The fourth-order valence-electron chi connectivity index (χ4n) is 2.38. The molecule has 0 unspecified atom stereocenters. The molecule has 2 N–H and O–H groups in total. The van der Waals surface area contributed by atoms with Crippen molar-refractivity contribution in [1.29, 1.82) is 0 Å². The lowest BCUT2D eigenvalue weighted by atomic mass is 10.1. The highest BCUT2D eigenvalue weighted by Gasteiger charge is 2.04. The number of aliphatic carboxylic acids is 1. The molecule has 2 aromatic carbocycles. The summed E-state index contributed by atoms with van der Waals surface area (Å²) < 4.78 is 5.13. The number of benzene rings is 2. The largest absolute Gasteiger partial charge is 0.482 e. The Hall–Kier alpha value is -2.82. The molecule has 0 bridgehead atoms. The number of amides is 1. The van der Waals surface area contributed by atoms with Gasteiger partial charge in [0.1, 0.15) is 5.75 Å². The minimum Gasteiger partial charge on any atom is -0.482 e. The molecule has 0 saturated heterocycles. The van der Waals surface area contributed by atoms with Crippen LogP contribution in [-0.2, 0) is 29.0 Å². The lowest BCUT2D eigenvalue weighted by molar-refractivity contribution is -0.139. The van der Waals surface area contributed by atoms with Crippen molar-refractivity contribution in [3.05, 3.63) is 65.2 Å². The van der Waals surface area contributed by atoms with Crippen molar-refractivity contribution in [2.24, 2.45) is 0 Å². The zero-order valence-corrected chi connectivity index (χ0v) is 14.3. The summed E-state index contributed by atoms with van der Waals surface area (Å²) >= 11 is 0. The third-order valence-corrected chi connectivity index (χ3v) is 3.82. The zero-order chi connectivity index (χ0) is 18.1. The van der Waals surface area contributed by atoms with E-state index in [0.717, 1.165) is 17.5 Å². The third-order valence-electron chi connectivity index (χ3n) is 3.82. The average molecular weight is 341 g/mol. The van der Waals surface area contributed by atoms with Gasteiger partial charge in [-0.2, -0.15) is 0 Å². The fourth-order valence-corrected chi connectivity index (χ4v) is 2.38. The monoisotopic (exact) mass is 341 g/mol. The number of carbonyl (C=O) groups excluding carboxylic acids is 1. The van der Waals surface area contributed by atoms with Gasteiger partial charge in [0.05, 0.1) is 0 Å². The lowest BCUT2D eigenvalue weighted by Crippen LogP contribution is -2.23. The molecule has 25 heavy (non-hydrogen) atoms. The van der Waals surface area contributed by atoms with E-state index in [1.54, 1.807) is 18.2 Å². The normalized spacial score (nSPS) is 10.3. The number of carboxylic acid groups (broad SMARTS) is 1. The first kappa shape index (κ1) is 18.5. The van der Waals surface area contributed by atoms with Crippen LogP contribution in [0.25, 0.3) is 0 Å². The quantitative estimate of drug-likeness (QED) is 0.735. The van der Waals surface area contributed by atoms with E-state index in [0.29, 0.717) is 25.1 Å². The first-order valence-electron chi connectivity index (χ1n) is 8.35. The predicted octanol–water partition coefficient (Wildman–Crippen LogP) is 2.96. The molecule has 0 atom stereocenters. The van der Waals surface area contributed by atoms with Crippen LogP contribution in [0.4, 0.5) is 0 Å². The molecule has 2 rings (SSSR count). The molecule has 2 aromatic rings. The second-order valence-electron chi connectivity index (χ2n) is 5.78. The fraction of sp³-hybridized carbons (Fsp3) is 0.300. The van der Waals surface area contributed by atoms with Crippen LogP contribution in [0.3, 0.4) is 0 Å². The van der Waals surface area contributed by atoms with Gasteiger partial charge in [-0.1, -0.05) is 43.3 Å². The molecule has 0 radical (unpaired) electrons. The van der Waals surface area contributed by atoms with E-state index >= 15 is 0 Å². The van der Waals surface area contributed by atoms with Crippen LogP contribution in [-0.4, -0.2) is 23.6 Å². The molecular weight excluding hydrogens is 318 g/mol. The number of hydrogen-bond acceptors (Lipinski definition) is 3. The zero-order valence-electron chi connectivity index (χ0n) is 14.3. The number of hydrogen-bond donors (Lipinski definition) is 2. The van der Waals surface area contributed by atoms with Crippen LogP contribution in [0.2, 0.25) is 0 Å². The smallest absolute Gasteiger partial charge is 0.341 e. The van der Waals surface area contributed by atoms with Gasteiger partial charge >= 0.3 is 5.97 Å². The summed E-state index contributed by atoms with van der Waals surface area (Å²) in [5.74, 6) is -0.563. The summed E-state index contributed by atoms with van der Waals surface area (Å²) in [6, 6.07) is 15.4. The van der Waals surface area contributed by atoms with E-state index in [-0.39, 0.29) is 12.5 Å². The predicted molar refractivity (Wildman–Crippen MR) is 95.6 cm³/mol. The Morgan fingerprint density at radius 2 is 1.76 bits per heavy atom. The first-order valence-corrected chi connectivity index (χ1v) is 8.35. The van der Waals surface area contributed by atoms with Crippen molar-refractivity contribution in [2.75, 3.05) is 6.61 Å². The minimum absolute atomic E-state index is 0.0172. The molecule has 0 aliphatic rings. The van der Waals surface area contributed by atoms with E-state index in [4.69, 9.17) is 9.84 Å². The van der Waals surface area contributed by atoms with Crippen molar-refractivity contribution in [3.8, 4) is 5.75 Å². The maximum Gasteiger partial charge on any atom is 0.341 e. The molecule has 0 aliphatic heterocycles. The maximum atomic E-state index is 12.0. The van der Waals surface area contributed by atoms with Crippen molar-refractivity contribution in [1.82, 2.24) is 5.32 Å². The van der Waals surface area contributed by atoms with Crippen molar-refractivity contribution in [3.63, 3.8) is 0 Å². The van der Waals surface area contributed by atoms with E-state index in [1.807, 2.05) is 6.07 Å². The lowest BCUT2D eigenvalue weighted by Gasteiger charge is -2.08. The second-order valence-corrected chi connectivity index (χ2v) is 5.78. The van der Waals surface area contributed by atoms with Crippen LogP contribution in [0, 0.1) is 0 Å². The highest BCUT2D eigenvalue weighted by atomic mass is 16.5. The van der Waals surface area contributed by atoms with E-state index in [2.05, 4.69) is 36.5 Å². The van der Waals surface area contributed by atoms with Crippen molar-refractivity contribution in [2.45, 2.75) is 32.7 Å². The average Bonchev–Trinajstić information content (AvgIpc) is 2.63. The van der Waals surface area contributed by atoms with Crippen molar-refractivity contribution >= 4 is 11.9 Å². The molecule has 0 fully saturated rings. The van der Waals surface area contributed by atoms with Gasteiger partial charge in [0.15, 0.2) is 6.61 Å². The number of ether oxygens (including phenoxy) is 1. The maximum absolute atomic E-state index is 12.0. The first-order chi connectivity index (χ1) is 12.1. The molecule has 0 spiro atoms. The SMILES string of the molecule is CCc1ccc(CCC(=O)NCc2cccc(OCC(=O)O)c2)cc1. The number of rotatable bonds is 9. The van der Waals surface area contributed by atoms with E-state index < -0.39 is 5.97 Å². The molecule has 0 aliphatic carbocycles. The molecular formula is C20H23NO4. The molecule has 0 heterocycles. The number of nitrogens with one attached hydrogen (secondary N) is 1. The second kappa shape index (κ2) is 9.47. The van der Waals surface area contributed by atoms with Gasteiger partial charge in [-0.25, -0.2) is 4.79 Å². The van der Waals surface area contributed by atoms with Gasteiger partial charge in [0.2, 0.25) is 5.91 Å². The van der Waals surface area contributed by atoms with Crippen LogP contribution in [0.1, 0.15) is 30.0 Å². The minimum atomic E-state index is -1.02. The van der Waals surface area contributed by atoms with Gasteiger partial charge in [-0.15, -0.1) is 0 Å². The number of aryl methyl sites for hydroxylation is 2. The summed E-state index contributed by atoms with van der Waals surface area (Å²) in [7, 11) is 0. The molecule has 5 nitrogen and oxygen atoms in total. The molecule has 0 saturated carbocycles. The molecule has 1 amide bonds. The Bertz CT molecular complexity index is 710. The highest BCUT2D eigenvalue weighted by Crippen LogP contribution is 2.13. The van der Waals surface area contributed by atoms with Crippen molar-refractivity contribution < 1.29 is 19.4 Å². The number of carboxylic acids is 1. The standard InChI is InChI=1S/C20H23NO4/c1-2-15-6-8-16(9-7-15)10-11-19(22)21-13-17-4-3-5-18(12-17)25-14-20(23)24/h3-9,12H,2,10-11,13-14H2,1H3,(H,21,22)(H,23,24). The topological polar surface area (TPSA) is 75.6 Å². The van der Waals surface area contributed by atoms with Crippen LogP contribution < -0.4 is 10.1 Å². The Morgan fingerprint density at radius 3 is 2.44 bits per heavy atom. The van der Waals surface area contributed by atoms with Gasteiger partial charge in [-0.05, 0) is 41.7 Å². The van der Waals surface area contributed by atoms with Crippen LogP contribution in [0.15, 0.2) is 48.5 Å². The van der Waals surface area contributed by atoms with Gasteiger partial charge in [-0.3, -0.25) is 4.79 Å². The van der Waals surface area contributed by atoms with Crippen LogP contribution >= 0.6 is 0 Å². The van der Waals surface area contributed by atoms with Crippen LogP contribution in [0.5, 0.6) is 5.75 Å². The van der Waals surface area contributed by atoms with E-state index in [9.17, 15) is 9.59 Å². The summed E-state index contributed by atoms with van der Waals surface area (Å²) in [6.45, 7) is 2.12. The Kier molecular flexibility index (Phi) is 7.01. The Labute approximate surface area is 147 Å². The van der Waals surface area contributed by atoms with Gasteiger partial charge in [0.25, 0.3) is 0 Å². The van der Waals surface area contributed by atoms with Gasteiger partial charge in [0, 0.05) is 13.0 Å². The summed E-state index contributed by atoms with van der Waals surface area (Å²) in [5.41, 5.74) is 3.30. The summed E-state index contributed by atoms with van der Waals surface area (Å²) in [6.07, 6.45) is 2.15. The Morgan fingerprint density at radius 1 is 1.04 bits per heavy atom. The Balaban J connectivity index is 1.77. The number of carbonyl (C=O) groups is 2. The third kappa shape index (κ3) is 6.67. The van der Waals surface area contributed by atoms with E-state index in [1.165, 1.54) is 5.56 Å². The summed E-state index contributed by atoms with van der Waals surface area (Å²) in [5, 5.41) is 11.5. The summed E-state index contributed by atoms with van der Waals surface area (Å²) in [4.78, 5) is 22.5. The van der Waals surface area contributed by atoms with Gasteiger partial charge < -0.3 is 15.2 Å². The molecule has 132 valence electrons. The molecule has 5 heteroatoms. The molecule has 0 aromatic heterocycles. The highest BCUT2D eigenvalue weighted by molar-refractivity contribution is 5.76.